The van der Waals surface area contributed by atoms with E-state index in [1.807, 2.05) is 25.1 Å². The van der Waals surface area contributed by atoms with Gasteiger partial charge >= 0.3 is 0 Å². The molecular weight excluding hydrogens is 254 g/mol. The van der Waals surface area contributed by atoms with E-state index in [1.165, 1.54) is 0 Å². The first-order valence-corrected chi connectivity index (χ1v) is 6.44. The summed E-state index contributed by atoms with van der Waals surface area (Å²) in [7, 11) is 0. The molecule has 0 aliphatic carbocycles. The first kappa shape index (κ1) is 12.5. The molecule has 0 fully saturated rings. The second kappa shape index (κ2) is 4.85. The van der Waals surface area contributed by atoms with Crippen LogP contribution < -0.4 is 15.8 Å². The number of carbonyl (C=O) groups is 1. The highest BCUT2D eigenvalue weighted by Gasteiger charge is 2.17. The van der Waals surface area contributed by atoms with Crippen LogP contribution in [0, 0.1) is 6.92 Å². The number of amides is 1. The fourth-order valence-corrected chi connectivity index (χ4v) is 2.15. The highest BCUT2D eigenvalue weighted by molar-refractivity contribution is 5.94. The number of pyridine rings is 1. The number of nitrogens with two attached hydrogens (primary N) is 1. The molecule has 0 spiro atoms. The first-order valence-electron chi connectivity index (χ1n) is 6.44. The number of hydrogen-bond donors (Lipinski definition) is 2. The maximum Gasteiger partial charge on any atom is 0.224 e. The van der Waals surface area contributed by atoms with Gasteiger partial charge in [-0.1, -0.05) is 0 Å². The first-order chi connectivity index (χ1) is 9.61. The lowest BCUT2D eigenvalue weighted by atomic mass is 10.0. The van der Waals surface area contributed by atoms with Gasteiger partial charge in [0.15, 0.2) is 5.75 Å². The minimum absolute atomic E-state index is 0.0216. The third-order valence-corrected chi connectivity index (χ3v) is 3.24. The van der Waals surface area contributed by atoms with Gasteiger partial charge in [0.1, 0.15) is 5.75 Å². The van der Waals surface area contributed by atoms with Gasteiger partial charge in [-0.2, -0.15) is 0 Å². The summed E-state index contributed by atoms with van der Waals surface area (Å²) in [6.07, 6.45) is 2.85. The van der Waals surface area contributed by atoms with Crippen molar-refractivity contribution >= 4 is 17.3 Å². The lowest BCUT2D eigenvalue weighted by molar-refractivity contribution is -0.116. The molecule has 0 bridgehead atoms. The molecule has 1 aliphatic rings. The van der Waals surface area contributed by atoms with Gasteiger partial charge < -0.3 is 15.8 Å². The van der Waals surface area contributed by atoms with Gasteiger partial charge in [-0.15, -0.1) is 0 Å². The third-order valence-electron chi connectivity index (χ3n) is 3.24. The van der Waals surface area contributed by atoms with Gasteiger partial charge in [-0.05, 0) is 43.2 Å². The molecule has 0 saturated heterocycles. The quantitative estimate of drug-likeness (QED) is 0.822. The molecule has 3 rings (SSSR count). The Kier molecular flexibility index (Phi) is 3.02. The summed E-state index contributed by atoms with van der Waals surface area (Å²) in [5, 5.41) is 2.81. The third kappa shape index (κ3) is 2.42. The van der Waals surface area contributed by atoms with Gasteiger partial charge in [0.2, 0.25) is 5.91 Å². The van der Waals surface area contributed by atoms with Crippen molar-refractivity contribution < 1.29 is 9.53 Å². The van der Waals surface area contributed by atoms with Crippen LogP contribution in [0.2, 0.25) is 0 Å². The molecule has 5 nitrogen and oxygen atoms in total. The Morgan fingerprint density at radius 1 is 1.30 bits per heavy atom. The van der Waals surface area contributed by atoms with Crippen molar-refractivity contribution in [3.8, 4) is 11.5 Å². The molecule has 1 aromatic carbocycles. The monoisotopic (exact) mass is 269 g/mol. The Balaban J connectivity index is 1.90. The number of nitrogen functional groups attached to an aromatic ring is 1. The van der Waals surface area contributed by atoms with Crippen molar-refractivity contribution in [2.75, 3.05) is 11.1 Å². The number of ether oxygens (including phenoxy) is 1. The number of aromatic nitrogens is 1. The van der Waals surface area contributed by atoms with Crippen LogP contribution in [-0.2, 0) is 11.2 Å². The molecule has 2 aromatic rings. The lowest BCUT2D eigenvalue weighted by Gasteiger charge is -2.19. The molecule has 20 heavy (non-hydrogen) atoms. The van der Waals surface area contributed by atoms with Gasteiger partial charge in [0, 0.05) is 17.8 Å². The van der Waals surface area contributed by atoms with E-state index in [0.717, 1.165) is 16.9 Å². The van der Waals surface area contributed by atoms with Crippen LogP contribution in [0.25, 0.3) is 0 Å². The van der Waals surface area contributed by atoms with Crippen LogP contribution in [0.4, 0.5) is 11.4 Å². The molecule has 0 atom stereocenters. The van der Waals surface area contributed by atoms with Crippen LogP contribution in [0.5, 0.6) is 11.5 Å². The molecule has 102 valence electrons. The maximum atomic E-state index is 11.4. The van der Waals surface area contributed by atoms with Crippen molar-refractivity contribution in [2.24, 2.45) is 0 Å². The Hall–Kier alpha value is -2.56. The van der Waals surface area contributed by atoms with Crippen molar-refractivity contribution in [1.29, 1.82) is 0 Å². The standard InChI is InChI=1S/C15H15N3O2/c1-9-2-4-11(8-17-9)20-14-6-10-3-5-15(19)18-13(10)7-12(14)16/h2,4,6-8H,3,5,16H2,1H3,(H,18,19). The number of anilines is 2. The van der Waals surface area contributed by atoms with Gasteiger partial charge in [0.25, 0.3) is 0 Å². The molecular formula is C15H15N3O2. The van der Waals surface area contributed by atoms with Crippen LogP contribution in [0.15, 0.2) is 30.5 Å². The molecule has 1 aliphatic heterocycles. The topological polar surface area (TPSA) is 77.2 Å². The van der Waals surface area contributed by atoms with Crippen LogP contribution in [0.3, 0.4) is 0 Å². The molecule has 5 heteroatoms. The van der Waals surface area contributed by atoms with Crippen LogP contribution in [-0.4, -0.2) is 10.9 Å². The fraction of sp³-hybridized carbons (Fsp3) is 0.200. The van der Waals surface area contributed by atoms with Crippen molar-refractivity contribution in [1.82, 2.24) is 4.98 Å². The number of aryl methyl sites for hydroxylation is 2. The summed E-state index contributed by atoms with van der Waals surface area (Å²) in [6.45, 7) is 1.92. The Labute approximate surface area is 116 Å². The molecule has 3 N–H and O–H groups in total. The van der Waals surface area contributed by atoms with Crippen molar-refractivity contribution in [3.05, 3.63) is 41.7 Å². The number of rotatable bonds is 2. The van der Waals surface area contributed by atoms with Gasteiger partial charge in [-0.3, -0.25) is 9.78 Å². The summed E-state index contributed by atoms with van der Waals surface area (Å²) in [5.41, 5.74) is 9.20. The highest BCUT2D eigenvalue weighted by atomic mass is 16.5. The van der Waals surface area contributed by atoms with E-state index < -0.39 is 0 Å². The lowest BCUT2D eigenvalue weighted by Crippen LogP contribution is -2.19. The smallest absolute Gasteiger partial charge is 0.224 e. The van der Waals surface area contributed by atoms with Crippen LogP contribution >= 0.6 is 0 Å². The summed E-state index contributed by atoms with van der Waals surface area (Å²) in [6, 6.07) is 7.35. The number of carbonyl (C=O) groups excluding carboxylic acids is 1. The Morgan fingerprint density at radius 3 is 2.90 bits per heavy atom. The van der Waals surface area contributed by atoms with E-state index in [2.05, 4.69) is 10.3 Å². The normalized spacial score (nSPS) is 13.6. The molecule has 0 radical (unpaired) electrons. The fourth-order valence-electron chi connectivity index (χ4n) is 2.15. The van der Waals surface area contributed by atoms with Crippen molar-refractivity contribution in [3.63, 3.8) is 0 Å². The molecule has 0 unspecified atom stereocenters. The molecule has 1 aromatic heterocycles. The molecule has 0 saturated carbocycles. The highest BCUT2D eigenvalue weighted by Crippen LogP contribution is 2.34. The number of fused-ring (bicyclic) bond motifs is 1. The molecule has 1 amide bonds. The van der Waals surface area contributed by atoms with Gasteiger partial charge in [0.05, 0.1) is 11.9 Å². The maximum absolute atomic E-state index is 11.4. The Bertz CT molecular complexity index is 666. The van der Waals surface area contributed by atoms with E-state index in [-0.39, 0.29) is 5.91 Å². The predicted octanol–water partition coefficient (Wildman–Crippen LogP) is 2.65. The summed E-state index contributed by atoms with van der Waals surface area (Å²) >= 11 is 0. The second-order valence-electron chi connectivity index (χ2n) is 4.83. The number of benzene rings is 1. The average Bonchev–Trinajstić information content (AvgIpc) is 2.42. The zero-order valence-electron chi connectivity index (χ0n) is 11.1. The van der Waals surface area contributed by atoms with Crippen LogP contribution in [0.1, 0.15) is 17.7 Å². The summed E-state index contributed by atoms with van der Waals surface area (Å²) < 4.78 is 5.76. The zero-order chi connectivity index (χ0) is 14.1. The van der Waals surface area contributed by atoms with E-state index >= 15 is 0 Å². The number of nitrogens with zero attached hydrogens (tertiary/aromatic N) is 1. The number of nitrogens with one attached hydrogen (secondary N) is 1. The zero-order valence-corrected chi connectivity index (χ0v) is 11.1. The molecule has 2 heterocycles. The predicted molar refractivity (Wildman–Crippen MR) is 76.9 cm³/mol. The van der Waals surface area contributed by atoms with E-state index in [0.29, 0.717) is 30.0 Å². The van der Waals surface area contributed by atoms with E-state index in [1.54, 1.807) is 12.3 Å². The minimum atomic E-state index is 0.0216. The van der Waals surface area contributed by atoms with Crippen molar-refractivity contribution in [2.45, 2.75) is 19.8 Å². The largest absolute Gasteiger partial charge is 0.454 e. The van der Waals surface area contributed by atoms with E-state index in [9.17, 15) is 4.79 Å². The SMILES string of the molecule is Cc1ccc(Oc2cc3c(cc2N)NC(=O)CC3)cn1. The summed E-state index contributed by atoms with van der Waals surface area (Å²) in [4.78, 5) is 15.5. The van der Waals surface area contributed by atoms with E-state index in [4.69, 9.17) is 10.5 Å². The number of hydrogen-bond acceptors (Lipinski definition) is 4. The van der Waals surface area contributed by atoms with Gasteiger partial charge in [-0.25, -0.2) is 0 Å². The second-order valence-corrected chi connectivity index (χ2v) is 4.83. The Morgan fingerprint density at radius 2 is 2.15 bits per heavy atom. The minimum Gasteiger partial charge on any atom is -0.454 e. The average molecular weight is 269 g/mol. The summed E-state index contributed by atoms with van der Waals surface area (Å²) in [5.74, 6) is 1.25.